The van der Waals surface area contributed by atoms with Gasteiger partial charge in [-0.05, 0) is 89.9 Å². The summed E-state index contributed by atoms with van der Waals surface area (Å²) in [6.45, 7) is 6.49. The Balaban J connectivity index is 4.45. The zero-order valence-corrected chi connectivity index (χ0v) is 52.1. The third kappa shape index (κ3) is 65.0. The monoisotopic (exact) mass is 1100 g/mol. The van der Waals surface area contributed by atoms with Crippen LogP contribution < -0.4 is 0 Å². The average molecular weight is 1100 g/mol. The van der Waals surface area contributed by atoms with E-state index in [9.17, 15) is 14.4 Å². The molecule has 1 unspecified atom stereocenters. The highest BCUT2D eigenvalue weighted by Gasteiger charge is 2.19. The molecule has 0 aromatic heterocycles. The fourth-order valence-corrected chi connectivity index (χ4v) is 9.56. The Kier molecular flexibility index (Phi) is 63.7. The van der Waals surface area contributed by atoms with Crippen molar-refractivity contribution in [3.63, 3.8) is 0 Å². The summed E-state index contributed by atoms with van der Waals surface area (Å²) in [7, 11) is 0. The molecule has 0 saturated heterocycles. The van der Waals surface area contributed by atoms with E-state index in [1.165, 1.54) is 199 Å². The lowest BCUT2D eigenvalue weighted by molar-refractivity contribution is -0.166. The van der Waals surface area contributed by atoms with Gasteiger partial charge in [-0.25, -0.2) is 0 Å². The summed E-state index contributed by atoms with van der Waals surface area (Å²) in [5.74, 6) is -0.977. The van der Waals surface area contributed by atoms with Gasteiger partial charge in [0.15, 0.2) is 6.10 Å². The van der Waals surface area contributed by atoms with Gasteiger partial charge in [-0.1, -0.05) is 317 Å². The van der Waals surface area contributed by atoms with E-state index >= 15 is 0 Å². The summed E-state index contributed by atoms with van der Waals surface area (Å²) in [6.07, 6.45) is 90.0. The largest absolute Gasteiger partial charge is 0.462 e. The zero-order valence-electron chi connectivity index (χ0n) is 52.1. The van der Waals surface area contributed by atoms with Crippen molar-refractivity contribution in [1.29, 1.82) is 0 Å². The molecule has 0 aliphatic rings. The molecule has 79 heavy (non-hydrogen) atoms. The standard InChI is InChI=1S/C73H126O6/c1-4-7-10-13-16-19-22-25-28-31-34-36-39-42-45-48-51-54-57-60-63-66-72(75)78-69-70(68-77-71(74)65-62-59-56-53-50-47-44-41-38-33-30-27-24-21-18-15-12-9-6-3)79-73(76)67-64-61-58-55-52-49-46-43-40-37-35-32-29-26-23-20-17-14-11-8-5-2/h9,12,18,21-22,25,27,30-31,34,38,41,47,50,56,59,70H,4-8,10-11,13-17,19-20,23-24,26,28-29,32-33,35-37,39-40,42-46,48-49,51-55,57-58,60-69H2,1-3H3/b12-9-,21-18-,25-22-,30-27-,34-31-,41-38-,50-47-,59-56-. The van der Waals surface area contributed by atoms with Crippen molar-refractivity contribution in [3.8, 4) is 0 Å². The second-order valence-corrected chi connectivity index (χ2v) is 22.4. The van der Waals surface area contributed by atoms with E-state index in [-0.39, 0.29) is 37.5 Å². The summed E-state index contributed by atoms with van der Waals surface area (Å²) < 4.78 is 16.9. The number of unbranched alkanes of at least 4 members (excludes halogenated alkanes) is 34. The zero-order chi connectivity index (χ0) is 57.1. The number of ether oxygens (including phenoxy) is 3. The predicted molar refractivity (Wildman–Crippen MR) is 344 cm³/mol. The third-order valence-corrected chi connectivity index (χ3v) is 14.6. The smallest absolute Gasteiger partial charge is 0.306 e. The van der Waals surface area contributed by atoms with Crippen LogP contribution in [0.25, 0.3) is 0 Å². The molecule has 0 aromatic rings. The maximum absolute atomic E-state index is 12.9. The van der Waals surface area contributed by atoms with Crippen molar-refractivity contribution >= 4 is 17.9 Å². The molecule has 0 aliphatic carbocycles. The van der Waals surface area contributed by atoms with E-state index in [1.54, 1.807) is 0 Å². The van der Waals surface area contributed by atoms with E-state index in [4.69, 9.17) is 14.2 Å². The van der Waals surface area contributed by atoms with Crippen LogP contribution in [0.5, 0.6) is 0 Å². The average Bonchev–Trinajstić information content (AvgIpc) is 3.45. The lowest BCUT2D eigenvalue weighted by atomic mass is 10.0. The lowest BCUT2D eigenvalue weighted by Crippen LogP contribution is -2.30. The van der Waals surface area contributed by atoms with Crippen LogP contribution in [0.15, 0.2) is 97.2 Å². The number of carbonyl (C=O) groups is 3. The second-order valence-electron chi connectivity index (χ2n) is 22.4. The van der Waals surface area contributed by atoms with Crippen molar-refractivity contribution in [3.05, 3.63) is 97.2 Å². The molecule has 0 saturated carbocycles. The molecule has 0 spiro atoms. The summed E-state index contributed by atoms with van der Waals surface area (Å²) in [4.78, 5) is 38.4. The van der Waals surface area contributed by atoms with E-state index in [0.29, 0.717) is 19.3 Å². The van der Waals surface area contributed by atoms with Crippen molar-refractivity contribution in [1.82, 2.24) is 0 Å². The van der Waals surface area contributed by atoms with Gasteiger partial charge in [-0.15, -0.1) is 0 Å². The summed E-state index contributed by atoms with van der Waals surface area (Å²) in [6, 6.07) is 0. The first-order chi connectivity index (χ1) is 39.0. The number of rotatable bonds is 61. The molecule has 454 valence electrons. The predicted octanol–water partition coefficient (Wildman–Crippen LogP) is 23.2. The normalized spacial score (nSPS) is 12.7. The van der Waals surface area contributed by atoms with E-state index in [0.717, 1.165) is 83.5 Å². The number of allylic oxidation sites excluding steroid dienone is 16. The Bertz CT molecular complexity index is 1540. The Morgan fingerprint density at radius 2 is 0.519 bits per heavy atom. The molecule has 0 amide bonds. The summed E-state index contributed by atoms with van der Waals surface area (Å²) >= 11 is 0. The molecule has 1 atom stereocenters. The molecular formula is C73H126O6. The van der Waals surface area contributed by atoms with Crippen LogP contribution in [0, 0.1) is 0 Å². The second kappa shape index (κ2) is 66.8. The molecule has 0 aliphatic heterocycles. The van der Waals surface area contributed by atoms with Crippen LogP contribution >= 0.6 is 0 Å². The van der Waals surface area contributed by atoms with E-state index in [2.05, 4.69) is 112 Å². The van der Waals surface area contributed by atoms with Crippen LogP contribution in [0.3, 0.4) is 0 Å². The molecule has 0 radical (unpaired) electrons. The molecular weight excluding hydrogens is 973 g/mol. The van der Waals surface area contributed by atoms with Gasteiger partial charge in [0, 0.05) is 19.3 Å². The fraction of sp³-hybridized carbons (Fsp3) is 0.740. The van der Waals surface area contributed by atoms with Gasteiger partial charge < -0.3 is 14.2 Å². The molecule has 6 heteroatoms. The van der Waals surface area contributed by atoms with Gasteiger partial charge in [-0.3, -0.25) is 14.4 Å². The van der Waals surface area contributed by atoms with Gasteiger partial charge in [-0.2, -0.15) is 0 Å². The molecule has 0 fully saturated rings. The molecule has 0 N–H and O–H groups in total. The highest BCUT2D eigenvalue weighted by molar-refractivity contribution is 5.71. The van der Waals surface area contributed by atoms with Crippen LogP contribution in [-0.2, 0) is 28.6 Å². The van der Waals surface area contributed by atoms with Gasteiger partial charge >= 0.3 is 17.9 Å². The lowest BCUT2D eigenvalue weighted by Gasteiger charge is -2.18. The number of carbonyl (C=O) groups excluding carboxylic acids is 3. The van der Waals surface area contributed by atoms with Crippen molar-refractivity contribution in [2.24, 2.45) is 0 Å². The van der Waals surface area contributed by atoms with Crippen LogP contribution in [0.2, 0.25) is 0 Å². The Morgan fingerprint density at radius 3 is 0.848 bits per heavy atom. The first-order valence-electron chi connectivity index (χ1n) is 33.7. The number of esters is 3. The quantitative estimate of drug-likeness (QED) is 0.0261. The van der Waals surface area contributed by atoms with Crippen LogP contribution in [0.1, 0.15) is 329 Å². The number of hydrogen-bond acceptors (Lipinski definition) is 6. The number of hydrogen-bond donors (Lipinski definition) is 0. The minimum Gasteiger partial charge on any atom is -0.462 e. The molecule has 0 heterocycles. The van der Waals surface area contributed by atoms with Crippen LogP contribution in [-0.4, -0.2) is 37.2 Å². The Morgan fingerprint density at radius 1 is 0.266 bits per heavy atom. The van der Waals surface area contributed by atoms with E-state index in [1.807, 2.05) is 6.08 Å². The summed E-state index contributed by atoms with van der Waals surface area (Å²) in [5, 5.41) is 0. The van der Waals surface area contributed by atoms with Gasteiger partial charge in [0.05, 0.1) is 0 Å². The maximum atomic E-state index is 12.9. The topological polar surface area (TPSA) is 78.9 Å². The third-order valence-electron chi connectivity index (χ3n) is 14.6. The first kappa shape index (κ1) is 75.3. The maximum Gasteiger partial charge on any atom is 0.306 e. The molecule has 6 nitrogen and oxygen atoms in total. The van der Waals surface area contributed by atoms with Crippen molar-refractivity contribution < 1.29 is 28.6 Å². The fourth-order valence-electron chi connectivity index (χ4n) is 9.56. The highest BCUT2D eigenvalue weighted by Crippen LogP contribution is 2.17. The SMILES string of the molecule is CC/C=C\C/C=C\C/C=C\C/C=C\C/C=C\C/C=C\CCC(=O)OCC(COC(=O)CCCCCCCCCCC/C=C\C/C=C\CCCCCCC)OC(=O)CCCCCCCCCCCCCCCCCCCCCCC. The highest BCUT2D eigenvalue weighted by atomic mass is 16.6. The molecule has 0 aromatic carbocycles. The molecule has 0 rings (SSSR count). The Hall–Kier alpha value is -3.67. The van der Waals surface area contributed by atoms with Crippen molar-refractivity contribution in [2.45, 2.75) is 335 Å². The van der Waals surface area contributed by atoms with Gasteiger partial charge in [0.1, 0.15) is 13.2 Å². The van der Waals surface area contributed by atoms with Gasteiger partial charge in [0.2, 0.25) is 0 Å². The first-order valence-corrected chi connectivity index (χ1v) is 33.7. The van der Waals surface area contributed by atoms with Gasteiger partial charge in [0.25, 0.3) is 0 Å². The van der Waals surface area contributed by atoms with Crippen LogP contribution in [0.4, 0.5) is 0 Å². The minimum absolute atomic E-state index is 0.101. The van der Waals surface area contributed by atoms with E-state index < -0.39 is 6.10 Å². The van der Waals surface area contributed by atoms with Crippen molar-refractivity contribution in [2.75, 3.05) is 13.2 Å². The minimum atomic E-state index is -0.811. The Labute approximate surface area is 489 Å². The molecule has 0 bridgehead atoms. The summed E-state index contributed by atoms with van der Waals surface area (Å²) in [5.41, 5.74) is 0.